The molecule has 0 atom stereocenters. The lowest BCUT2D eigenvalue weighted by atomic mass is 9.96. The minimum Gasteiger partial charge on any atom is -0.496 e. The third kappa shape index (κ3) is 2.05. The van der Waals surface area contributed by atoms with Crippen molar-refractivity contribution in [2.45, 2.75) is 26.4 Å². The molecule has 0 amide bonds. The van der Waals surface area contributed by atoms with E-state index in [1.807, 2.05) is 39.0 Å². The Labute approximate surface area is 84.8 Å². The monoisotopic (exact) mass is 195 g/mol. The highest BCUT2D eigenvalue weighted by atomic mass is 16.6. The summed E-state index contributed by atoms with van der Waals surface area (Å²) >= 11 is 0. The van der Waals surface area contributed by atoms with E-state index in [2.05, 4.69) is 0 Å². The quantitative estimate of drug-likeness (QED) is 0.751. The molecular weight excluding hydrogens is 178 g/mol. The minimum absolute atomic E-state index is 0.529. The maximum Gasteiger partial charge on any atom is 0.125 e. The van der Waals surface area contributed by atoms with Crippen LogP contribution in [0.25, 0.3) is 0 Å². The largest absolute Gasteiger partial charge is 0.496 e. The molecular formula is C11H17NO2. The zero-order valence-corrected chi connectivity index (χ0v) is 9.13. The fourth-order valence-electron chi connectivity index (χ4n) is 1.36. The summed E-state index contributed by atoms with van der Waals surface area (Å²) in [6.45, 7) is 5.82. The smallest absolute Gasteiger partial charge is 0.125 e. The number of hydrogen-bond donors (Lipinski definition) is 1. The Bertz CT molecular complexity index is 321. The fraction of sp³-hybridized carbons (Fsp3) is 0.455. The van der Waals surface area contributed by atoms with E-state index < -0.39 is 5.60 Å². The first-order chi connectivity index (χ1) is 6.51. The van der Waals surface area contributed by atoms with Crippen LogP contribution in [0.15, 0.2) is 18.2 Å². The predicted octanol–water partition coefficient (Wildman–Crippen LogP) is 2.13. The normalized spacial score (nSPS) is 11.5. The fourth-order valence-corrected chi connectivity index (χ4v) is 1.36. The summed E-state index contributed by atoms with van der Waals surface area (Å²) in [4.78, 5) is 4.93. The van der Waals surface area contributed by atoms with Gasteiger partial charge in [0.1, 0.15) is 11.4 Å². The summed E-state index contributed by atoms with van der Waals surface area (Å²) in [7, 11) is 1.64. The van der Waals surface area contributed by atoms with E-state index in [-0.39, 0.29) is 0 Å². The van der Waals surface area contributed by atoms with E-state index in [9.17, 15) is 0 Å². The van der Waals surface area contributed by atoms with Crippen molar-refractivity contribution in [3.05, 3.63) is 29.3 Å². The van der Waals surface area contributed by atoms with E-state index in [0.717, 1.165) is 16.9 Å². The van der Waals surface area contributed by atoms with Crippen molar-refractivity contribution in [3.63, 3.8) is 0 Å². The molecule has 3 heteroatoms. The van der Waals surface area contributed by atoms with Crippen LogP contribution < -0.4 is 10.6 Å². The van der Waals surface area contributed by atoms with Crippen LogP contribution in [0.4, 0.5) is 0 Å². The highest BCUT2D eigenvalue weighted by Crippen LogP contribution is 2.31. The molecule has 1 rings (SSSR count). The van der Waals surface area contributed by atoms with Crippen LogP contribution in [0.2, 0.25) is 0 Å². The summed E-state index contributed by atoms with van der Waals surface area (Å²) in [6.07, 6.45) is 0. The molecule has 0 radical (unpaired) electrons. The van der Waals surface area contributed by atoms with Crippen molar-refractivity contribution in [3.8, 4) is 5.75 Å². The van der Waals surface area contributed by atoms with E-state index in [1.165, 1.54) is 0 Å². The summed E-state index contributed by atoms with van der Waals surface area (Å²) in [5.74, 6) is 6.05. The Morgan fingerprint density at radius 1 is 1.29 bits per heavy atom. The molecule has 0 bridgehead atoms. The zero-order chi connectivity index (χ0) is 10.8. The number of nitrogens with two attached hydrogens (primary N) is 1. The van der Waals surface area contributed by atoms with E-state index in [1.54, 1.807) is 7.11 Å². The van der Waals surface area contributed by atoms with Crippen LogP contribution in [-0.2, 0) is 10.4 Å². The van der Waals surface area contributed by atoms with Gasteiger partial charge in [0.2, 0.25) is 0 Å². The van der Waals surface area contributed by atoms with Gasteiger partial charge >= 0.3 is 0 Å². The van der Waals surface area contributed by atoms with E-state index in [0.29, 0.717) is 0 Å². The molecule has 0 spiro atoms. The van der Waals surface area contributed by atoms with Gasteiger partial charge in [-0.15, -0.1) is 0 Å². The van der Waals surface area contributed by atoms with Crippen molar-refractivity contribution in [1.29, 1.82) is 0 Å². The van der Waals surface area contributed by atoms with Crippen molar-refractivity contribution >= 4 is 0 Å². The van der Waals surface area contributed by atoms with Crippen LogP contribution in [0.1, 0.15) is 25.0 Å². The van der Waals surface area contributed by atoms with E-state index in [4.69, 9.17) is 15.5 Å². The highest BCUT2D eigenvalue weighted by molar-refractivity contribution is 5.40. The van der Waals surface area contributed by atoms with Crippen molar-refractivity contribution in [1.82, 2.24) is 0 Å². The first-order valence-corrected chi connectivity index (χ1v) is 4.54. The number of hydrogen-bond acceptors (Lipinski definition) is 3. The van der Waals surface area contributed by atoms with Gasteiger partial charge in [0, 0.05) is 5.56 Å². The molecule has 0 saturated carbocycles. The number of ether oxygens (including phenoxy) is 1. The second-order valence-corrected chi connectivity index (χ2v) is 3.83. The van der Waals surface area contributed by atoms with Gasteiger partial charge in [0.05, 0.1) is 7.11 Å². The number of rotatable bonds is 3. The topological polar surface area (TPSA) is 44.5 Å². The number of aryl methyl sites for hydroxylation is 1. The van der Waals surface area contributed by atoms with Crippen LogP contribution in [0.3, 0.4) is 0 Å². The summed E-state index contributed by atoms with van der Waals surface area (Å²) < 4.78 is 5.28. The van der Waals surface area contributed by atoms with Crippen LogP contribution >= 0.6 is 0 Å². The molecule has 0 aliphatic carbocycles. The molecule has 1 aromatic rings. The van der Waals surface area contributed by atoms with Gasteiger partial charge in [0.25, 0.3) is 0 Å². The molecule has 14 heavy (non-hydrogen) atoms. The lowest BCUT2D eigenvalue weighted by molar-refractivity contribution is -0.0250. The SMILES string of the molecule is COc1cc(C)ccc1C(C)(C)ON. The predicted molar refractivity (Wildman–Crippen MR) is 56.0 cm³/mol. The average Bonchev–Trinajstić information content (AvgIpc) is 2.17. The molecule has 2 N–H and O–H groups in total. The first kappa shape index (κ1) is 11.0. The average molecular weight is 195 g/mol. The standard InChI is InChI=1S/C11H17NO2/c1-8-5-6-9(10(7-8)13-4)11(2,3)14-12/h5-7H,12H2,1-4H3. The molecule has 0 aromatic heterocycles. The van der Waals surface area contributed by atoms with Crippen molar-refractivity contribution in [2.75, 3.05) is 7.11 Å². The maximum atomic E-state index is 5.28. The third-order valence-corrected chi connectivity index (χ3v) is 2.30. The lowest BCUT2D eigenvalue weighted by Gasteiger charge is -2.24. The Morgan fingerprint density at radius 3 is 2.43 bits per heavy atom. The summed E-state index contributed by atoms with van der Waals surface area (Å²) in [6, 6.07) is 5.95. The van der Waals surface area contributed by atoms with Crippen molar-refractivity contribution in [2.24, 2.45) is 5.90 Å². The molecule has 0 unspecified atom stereocenters. The van der Waals surface area contributed by atoms with Gasteiger partial charge < -0.3 is 4.74 Å². The van der Waals surface area contributed by atoms with Gasteiger partial charge in [-0.1, -0.05) is 12.1 Å². The van der Waals surface area contributed by atoms with Gasteiger partial charge in [-0.05, 0) is 32.4 Å². The van der Waals surface area contributed by atoms with Gasteiger partial charge in [0.15, 0.2) is 0 Å². The Hall–Kier alpha value is -1.06. The molecule has 0 aliphatic rings. The Balaban J connectivity index is 3.20. The molecule has 3 nitrogen and oxygen atoms in total. The summed E-state index contributed by atoms with van der Waals surface area (Å²) in [5.41, 5.74) is 1.57. The molecule has 0 saturated heterocycles. The van der Waals surface area contributed by atoms with Gasteiger partial charge in [-0.3, -0.25) is 4.84 Å². The molecule has 0 aliphatic heterocycles. The molecule has 0 fully saturated rings. The van der Waals surface area contributed by atoms with Gasteiger partial charge in [-0.25, -0.2) is 5.90 Å². The summed E-state index contributed by atoms with van der Waals surface area (Å²) in [5, 5.41) is 0. The lowest BCUT2D eigenvalue weighted by Crippen LogP contribution is -2.25. The van der Waals surface area contributed by atoms with Gasteiger partial charge in [-0.2, -0.15) is 0 Å². The molecule has 78 valence electrons. The number of methoxy groups -OCH3 is 1. The van der Waals surface area contributed by atoms with Crippen LogP contribution in [0.5, 0.6) is 5.75 Å². The minimum atomic E-state index is -0.529. The Morgan fingerprint density at radius 2 is 1.93 bits per heavy atom. The molecule has 0 heterocycles. The second-order valence-electron chi connectivity index (χ2n) is 3.83. The highest BCUT2D eigenvalue weighted by Gasteiger charge is 2.24. The Kier molecular flexibility index (Phi) is 3.13. The molecule has 1 aromatic carbocycles. The zero-order valence-electron chi connectivity index (χ0n) is 9.13. The number of benzene rings is 1. The van der Waals surface area contributed by atoms with Crippen molar-refractivity contribution < 1.29 is 9.57 Å². The first-order valence-electron chi connectivity index (χ1n) is 4.54. The van der Waals surface area contributed by atoms with Crippen LogP contribution in [0, 0.1) is 6.92 Å². The third-order valence-electron chi connectivity index (χ3n) is 2.30. The second kappa shape index (κ2) is 3.98. The van der Waals surface area contributed by atoms with Crippen LogP contribution in [-0.4, -0.2) is 7.11 Å². The maximum absolute atomic E-state index is 5.28. The van der Waals surface area contributed by atoms with E-state index >= 15 is 0 Å².